The number of fused-ring (bicyclic) bond motifs is 3. The van der Waals surface area contributed by atoms with Gasteiger partial charge in [0, 0.05) is 11.3 Å². The van der Waals surface area contributed by atoms with Crippen molar-refractivity contribution in [2.24, 2.45) is 0 Å². The van der Waals surface area contributed by atoms with Gasteiger partial charge in [0.05, 0.1) is 18.5 Å². The Kier molecular flexibility index (Phi) is 4.67. The number of likely N-dealkylation sites (tertiary alicyclic amines) is 1. The fourth-order valence-corrected chi connectivity index (χ4v) is 6.69. The molecule has 6 rings (SSSR count). The highest BCUT2D eigenvalue weighted by Crippen LogP contribution is 2.61. The van der Waals surface area contributed by atoms with Crippen molar-refractivity contribution in [1.29, 1.82) is 0 Å². The van der Waals surface area contributed by atoms with Gasteiger partial charge in [-0.2, -0.15) is 0 Å². The number of hydrogen-bond acceptors (Lipinski definition) is 1. The monoisotopic (exact) mass is 435 g/mol. The zero-order valence-electron chi connectivity index (χ0n) is 19.9. The Morgan fingerprint density at radius 1 is 0.788 bits per heavy atom. The molecule has 2 heterocycles. The molecule has 1 aliphatic carbocycles. The predicted molar refractivity (Wildman–Crippen MR) is 137 cm³/mol. The maximum atomic E-state index is 5.48. The largest absolute Gasteiger partial charge is 0.589 e. The van der Waals surface area contributed by atoms with Gasteiger partial charge in [-0.05, 0) is 68.9 Å². The molecular formula is C30H33N3. The molecule has 2 aliphatic heterocycles. The molecule has 0 spiro atoms. The highest BCUT2D eigenvalue weighted by molar-refractivity contribution is 6.08. The Morgan fingerprint density at radius 2 is 1.45 bits per heavy atom. The highest BCUT2D eigenvalue weighted by Gasteiger charge is 2.65. The molecule has 0 aromatic heterocycles. The van der Waals surface area contributed by atoms with Crippen LogP contribution in [-0.4, -0.2) is 18.8 Å². The van der Waals surface area contributed by atoms with Crippen LogP contribution in [-0.2, 0) is 5.41 Å². The SMILES string of the molecule is Cc1ccc(C2=C3c4ccccc4C(C)(C)C3([NH+]3CCCCC3)N(c3ccccc3)[N-]2)cc1. The second-order valence-electron chi connectivity index (χ2n) is 10.4. The Morgan fingerprint density at radius 3 is 2.18 bits per heavy atom. The topological polar surface area (TPSA) is 21.8 Å². The molecule has 3 aromatic rings. The van der Waals surface area contributed by atoms with Gasteiger partial charge in [0.1, 0.15) is 0 Å². The summed E-state index contributed by atoms with van der Waals surface area (Å²) in [6, 6.07) is 28.8. The minimum atomic E-state index is -0.265. The van der Waals surface area contributed by atoms with Gasteiger partial charge in [0.25, 0.3) is 0 Å². The molecule has 1 atom stereocenters. The molecule has 168 valence electrons. The van der Waals surface area contributed by atoms with Gasteiger partial charge in [-0.25, -0.2) is 0 Å². The van der Waals surface area contributed by atoms with E-state index in [0.717, 1.165) is 5.70 Å². The van der Waals surface area contributed by atoms with Gasteiger partial charge in [0.2, 0.25) is 0 Å². The molecule has 0 bridgehead atoms. The van der Waals surface area contributed by atoms with Gasteiger partial charge >= 0.3 is 0 Å². The minimum absolute atomic E-state index is 0.0998. The van der Waals surface area contributed by atoms with Crippen LogP contribution in [0.2, 0.25) is 0 Å². The molecule has 3 heteroatoms. The third-order valence-electron chi connectivity index (χ3n) is 8.19. The lowest BCUT2D eigenvalue weighted by Crippen LogP contribution is -3.24. The summed E-state index contributed by atoms with van der Waals surface area (Å²) >= 11 is 0. The molecule has 33 heavy (non-hydrogen) atoms. The maximum absolute atomic E-state index is 5.48. The van der Waals surface area contributed by atoms with E-state index in [1.807, 2.05) is 0 Å². The van der Waals surface area contributed by atoms with Crippen LogP contribution >= 0.6 is 0 Å². The van der Waals surface area contributed by atoms with Crippen LogP contribution in [0.5, 0.6) is 0 Å². The number of piperidine rings is 1. The van der Waals surface area contributed by atoms with Crippen molar-refractivity contribution in [3.63, 3.8) is 0 Å². The molecule has 0 saturated carbocycles. The zero-order valence-corrected chi connectivity index (χ0v) is 19.9. The summed E-state index contributed by atoms with van der Waals surface area (Å²) in [4.78, 5) is 1.65. The smallest absolute Gasteiger partial charge is 0.196 e. The van der Waals surface area contributed by atoms with E-state index in [0.29, 0.717) is 0 Å². The third-order valence-corrected chi connectivity index (χ3v) is 8.19. The van der Waals surface area contributed by atoms with E-state index in [1.54, 1.807) is 4.90 Å². The molecule has 3 aromatic carbocycles. The normalized spacial score (nSPS) is 23.9. The lowest BCUT2D eigenvalue weighted by Gasteiger charge is -2.56. The molecule has 0 amide bonds. The number of hydrogen-bond donors (Lipinski definition) is 1. The molecule has 1 fully saturated rings. The fourth-order valence-electron chi connectivity index (χ4n) is 6.69. The summed E-state index contributed by atoms with van der Waals surface area (Å²) in [5.74, 6) is 0. The van der Waals surface area contributed by atoms with Crippen molar-refractivity contribution < 1.29 is 4.90 Å². The molecule has 1 saturated heterocycles. The number of nitrogens with zero attached hydrogens (tertiary/aromatic N) is 2. The van der Waals surface area contributed by atoms with Crippen molar-refractivity contribution in [2.45, 2.75) is 51.1 Å². The summed E-state index contributed by atoms with van der Waals surface area (Å²) in [6.07, 6.45) is 3.89. The second-order valence-corrected chi connectivity index (χ2v) is 10.4. The molecule has 3 nitrogen and oxygen atoms in total. The first-order valence-electron chi connectivity index (χ1n) is 12.4. The summed E-state index contributed by atoms with van der Waals surface area (Å²) in [5.41, 5.74) is 14.1. The van der Waals surface area contributed by atoms with Crippen molar-refractivity contribution in [2.75, 3.05) is 18.1 Å². The molecular weight excluding hydrogens is 402 g/mol. The number of nitrogens with one attached hydrogen (secondary N) is 1. The Hall–Kier alpha value is -3.04. The number of anilines is 1. The lowest BCUT2D eigenvalue weighted by atomic mass is 9.74. The van der Waals surface area contributed by atoms with E-state index in [1.165, 1.54) is 65.9 Å². The number of aryl methyl sites for hydroxylation is 1. The van der Waals surface area contributed by atoms with Crippen LogP contribution in [0.3, 0.4) is 0 Å². The van der Waals surface area contributed by atoms with Crippen molar-refractivity contribution in [3.05, 3.63) is 107 Å². The van der Waals surface area contributed by atoms with Crippen LogP contribution < -0.4 is 9.91 Å². The van der Waals surface area contributed by atoms with Gasteiger partial charge in [-0.15, -0.1) is 5.70 Å². The molecule has 3 aliphatic rings. The Balaban J connectivity index is 1.69. The predicted octanol–water partition coefficient (Wildman–Crippen LogP) is 5.73. The first-order chi connectivity index (χ1) is 16.0. The van der Waals surface area contributed by atoms with Gasteiger partial charge in [0.15, 0.2) is 5.66 Å². The summed E-state index contributed by atoms with van der Waals surface area (Å²) < 4.78 is 0. The number of quaternary nitrogens is 1. The summed E-state index contributed by atoms with van der Waals surface area (Å²) in [6.45, 7) is 9.41. The Bertz CT molecular complexity index is 1200. The fraction of sp³-hybridized carbons (Fsp3) is 0.333. The van der Waals surface area contributed by atoms with Crippen molar-refractivity contribution in [1.82, 2.24) is 0 Å². The van der Waals surface area contributed by atoms with E-state index < -0.39 is 0 Å². The van der Waals surface area contributed by atoms with Crippen molar-refractivity contribution >= 4 is 17.0 Å². The number of para-hydroxylation sites is 1. The first-order valence-corrected chi connectivity index (χ1v) is 12.4. The van der Waals surface area contributed by atoms with Gasteiger partial charge in [-0.3, -0.25) is 0 Å². The van der Waals surface area contributed by atoms with Crippen LogP contribution in [0, 0.1) is 6.92 Å². The van der Waals surface area contributed by atoms with E-state index in [9.17, 15) is 0 Å². The van der Waals surface area contributed by atoms with Gasteiger partial charge in [-0.1, -0.05) is 72.3 Å². The second kappa shape index (κ2) is 7.50. The van der Waals surface area contributed by atoms with Crippen LogP contribution in [0.15, 0.2) is 78.9 Å². The van der Waals surface area contributed by atoms with Crippen LogP contribution in [0.1, 0.15) is 55.4 Å². The minimum Gasteiger partial charge on any atom is -0.589 e. The highest BCUT2D eigenvalue weighted by atomic mass is 15.6. The molecule has 0 radical (unpaired) electrons. The van der Waals surface area contributed by atoms with E-state index in [2.05, 4.69) is 105 Å². The quantitative estimate of drug-likeness (QED) is 0.558. The maximum Gasteiger partial charge on any atom is 0.196 e. The zero-order chi connectivity index (χ0) is 22.6. The van der Waals surface area contributed by atoms with Crippen LogP contribution in [0.25, 0.3) is 16.7 Å². The van der Waals surface area contributed by atoms with E-state index >= 15 is 0 Å². The Labute approximate surface area is 197 Å². The van der Waals surface area contributed by atoms with Gasteiger partial charge < -0.3 is 15.3 Å². The first kappa shape index (κ1) is 20.6. The van der Waals surface area contributed by atoms with E-state index in [4.69, 9.17) is 5.43 Å². The van der Waals surface area contributed by atoms with Crippen LogP contribution in [0.4, 0.5) is 5.69 Å². The average Bonchev–Trinajstić information content (AvgIpc) is 3.32. The number of rotatable bonds is 3. The lowest BCUT2D eigenvalue weighted by molar-refractivity contribution is -0.950. The number of benzene rings is 3. The average molecular weight is 436 g/mol. The van der Waals surface area contributed by atoms with E-state index in [-0.39, 0.29) is 11.1 Å². The standard InChI is InChI=1S/C30H32N3/c1-22-16-18-23(19-17-22)28-27-25-14-8-9-15-26(25)29(2,3)30(27,32-20-10-5-11-21-32)33(31-28)24-12-6-4-7-13-24/h4,6-9,12-19H,5,10-11,20-21H2,1-3H3/q-1/p+1. The van der Waals surface area contributed by atoms with Crippen molar-refractivity contribution in [3.8, 4) is 0 Å². The third kappa shape index (κ3) is 2.78. The summed E-state index contributed by atoms with van der Waals surface area (Å²) in [7, 11) is 0. The summed E-state index contributed by atoms with van der Waals surface area (Å²) in [5, 5.41) is 2.40. The molecule has 1 unspecified atom stereocenters. The molecule has 1 N–H and O–H groups in total.